The summed E-state index contributed by atoms with van der Waals surface area (Å²) in [5.74, 6) is 0.262. The van der Waals surface area contributed by atoms with Gasteiger partial charge in [0.1, 0.15) is 25.0 Å². The van der Waals surface area contributed by atoms with Crippen LogP contribution in [0.5, 0.6) is 5.75 Å². The van der Waals surface area contributed by atoms with Gasteiger partial charge in [-0.2, -0.15) is 5.10 Å². The second-order valence-electron chi connectivity index (χ2n) is 9.40. The van der Waals surface area contributed by atoms with Gasteiger partial charge in [0.25, 0.3) is 5.91 Å². The minimum absolute atomic E-state index is 0.0946. The first-order chi connectivity index (χ1) is 20.1. The molecule has 206 valence electrons. The quantitative estimate of drug-likeness (QED) is 0.145. The largest absolute Gasteiger partial charge is 0.489 e. The number of H-pyrrole nitrogens is 1. The van der Waals surface area contributed by atoms with Gasteiger partial charge < -0.3 is 19.8 Å². The molecule has 0 saturated carbocycles. The monoisotopic (exact) mass is 546 g/mol. The molecule has 3 N–H and O–H groups in total. The molecule has 2 amide bonds. The van der Waals surface area contributed by atoms with E-state index in [-0.39, 0.29) is 13.0 Å². The van der Waals surface area contributed by atoms with Gasteiger partial charge in [0.05, 0.1) is 6.21 Å². The van der Waals surface area contributed by atoms with E-state index in [0.29, 0.717) is 6.61 Å². The van der Waals surface area contributed by atoms with Crippen LogP contribution in [-0.4, -0.2) is 29.2 Å². The number of rotatable bonds is 11. The molecule has 0 aliphatic carbocycles. The summed E-state index contributed by atoms with van der Waals surface area (Å²) in [6, 6.07) is 33.5. The Bertz CT molecular complexity index is 1600. The van der Waals surface area contributed by atoms with Crippen molar-refractivity contribution in [1.82, 2.24) is 15.7 Å². The average molecular weight is 547 g/mol. The highest BCUT2D eigenvalue weighted by Gasteiger charge is 2.23. The number of hydrogen-bond donors (Lipinski definition) is 3. The van der Waals surface area contributed by atoms with Gasteiger partial charge in [-0.15, -0.1) is 0 Å². The summed E-state index contributed by atoms with van der Waals surface area (Å²) in [6.45, 7) is 0.570. The number of nitrogens with one attached hydrogen (secondary N) is 3. The van der Waals surface area contributed by atoms with Gasteiger partial charge in [0.15, 0.2) is 0 Å². The number of carbonyl (C=O) groups excluding carboxylic acids is 2. The number of hydrazone groups is 1. The van der Waals surface area contributed by atoms with Crippen molar-refractivity contribution in [3.05, 3.63) is 138 Å². The Hall–Kier alpha value is -5.37. The highest BCUT2D eigenvalue weighted by Crippen LogP contribution is 2.19. The predicted molar refractivity (Wildman–Crippen MR) is 159 cm³/mol. The molecule has 5 aromatic rings. The molecule has 0 aliphatic heterocycles. The molecule has 41 heavy (non-hydrogen) atoms. The van der Waals surface area contributed by atoms with Crippen LogP contribution in [0.1, 0.15) is 22.3 Å². The van der Waals surface area contributed by atoms with Gasteiger partial charge in [-0.25, -0.2) is 10.2 Å². The van der Waals surface area contributed by atoms with E-state index in [1.807, 2.05) is 115 Å². The number of ether oxygens (including phenoxy) is 2. The van der Waals surface area contributed by atoms with Gasteiger partial charge >= 0.3 is 6.09 Å². The fourth-order valence-corrected chi connectivity index (χ4v) is 4.28. The Balaban J connectivity index is 1.20. The van der Waals surface area contributed by atoms with Crippen LogP contribution in [0.3, 0.4) is 0 Å². The molecule has 0 unspecified atom stereocenters. The lowest BCUT2D eigenvalue weighted by atomic mass is 10.0. The summed E-state index contributed by atoms with van der Waals surface area (Å²) in [6.07, 6.45) is 2.94. The molecule has 0 saturated heterocycles. The van der Waals surface area contributed by atoms with Crippen LogP contribution >= 0.6 is 0 Å². The minimum atomic E-state index is -0.914. The molecule has 8 heteroatoms. The maximum atomic E-state index is 13.2. The Kier molecular flexibility index (Phi) is 9.04. The summed E-state index contributed by atoms with van der Waals surface area (Å²) < 4.78 is 11.2. The summed E-state index contributed by atoms with van der Waals surface area (Å²) in [5.41, 5.74) is 7.10. The number of nitrogens with zero attached hydrogens (tertiary/aromatic N) is 1. The number of alkyl carbamates (subject to hydrolysis) is 1. The van der Waals surface area contributed by atoms with Gasteiger partial charge in [0, 0.05) is 23.5 Å². The number of para-hydroxylation sites is 1. The SMILES string of the molecule is O=C(N[C@H](Cc1c[nH]c2ccccc12)C(=O)N/N=C\c1ccc(OCc2ccccc2)cc1)OCc1ccccc1. The molecule has 1 atom stereocenters. The van der Waals surface area contributed by atoms with Crippen molar-refractivity contribution in [3.63, 3.8) is 0 Å². The van der Waals surface area contributed by atoms with Gasteiger partial charge in [-0.1, -0.05) is 78.9 Å². The summed E-state index contributed by atoms with van der Waals surface area (Å²) in [4.78, 5) is 29.0. The number of amides is 2. The number of carbonyl (C=O) groups is 2. The maximum absolute atomic E-state index is 13.2. The molecule has 0 bridgehead atoms. The second-order valence-corrected chi connectivity index (χ2v) is 9.40. The molecular weight excluding hydrogens is 516 g/mol. The lowest BCUT2D eigenvalue weighted by Crippen LogP contribution is -2.47. The van der Waals surface area contributed by atoms with Crippen molar-refractivity contribution in [2.24, 2.45) is 5.10 Å². The van der Waals surface area contributed by atoms with Crippen molar-refractivity contribution < 1.29 is 19.1 Å². The first-order valence-electron chi connectivity index (χ1n) is 13.3. The zero-order chi connectivity index (χ0) is 28.3. The number of fused-ring (bicyclic) bond motifs is 1. The Morgan fingerprint density at radius 1 is 0.805 bits per heavy atom. The second kappa shape index (κ2) is 13.6. The molecule has 0 aliphatic rings. The molecule has 5 rings (SSSR count). The first-order valence-corrected chi connectivity index (χ1v) is 13.3. The summed E-state index contributed by atoms with van der Waals surface area (Å²) >= 11 is 0. The average Bonchev–Trinajstić information content (AvgIpc) is 3.43. The standard InChI is InChI=1S/C33H30N4O4/c38-32(37-35-20-24-15-17-28(18-16-24)40-22-25-9-3-1-4-10-25)31(19-27-21-34-30-14-8-7-13-29(27)30)36-33(39)41-23-26-11-5-2-6-12-26/h1-18,20-21,31,34H,19,22-23H2,(H,36,39)(H,37,38)/b35-20-/t31-/m1/s1. The third kappa shape index (κ3) is 7.83. The van der Waals surface area contributed by atoms with Gasteiger partial charge in [-0.05, 0) is 52.6 Å². The molecule has 1 aromatic heterocycles. The summed E-state index contributed by atoms with van der Waals surface area (Å²) in [5, 5.41) is 7.78. The van der Waals surface area contributed by atoms with Crippen LogP contribution in [0.25, 0.3) is 10.9 Å². The third-order valence-corrected chi connectivity index (χ3v) is 6.44. The van der Waals surface area contributed by atoms with Crippen molar-refractivity contribution in [2.45, 2.75) is 25.7 Å². The minimum Gasteiger partial charge on any atom is -0.489 e. The molecule has 0 radical (unpaired) electrons. The number of benzene rings is 4. The fourth-order valence-electron chi connectivity index (χ4n) is 4.28. The zero-order valence-corrected chi connectivity index (χ0v) is 22.3. The van der Waals surface area contributed by atoms with Gasteiger partial charge in [0.2, 0.25) is 0 Å². The van der Waals surface area contributed by atoms with Crippen LogP contribution in [0.2, 0.25) is 0 Å². The topological polar surface area (TPSA) is 105 Å². The summed E-state index contributed by atoms with van der Waals surface area (Å²) in [7, 11) is 0. The van der Waals surface area contributed by atoms with E-state index in [4.69, 9.17) is 9.47 Å². The van der Waals surface area contributed by atoms with Crippen molar-refractivity contribution >= 4 is 29.1 Å². The normalized spacial score (nSPS) is 11.7. The van der Waals surface area contributed by atoms with Crippen molar-refractivity contribution in [3.8, 4) is 5.75 Å². The van der Waals surface area contributed by atoms with Crippen LogP contribution in [0.4, 0.5) is 4.79 Å². The van der Waals surface area contributed by atoms with E-state index in [1.165, 1.54) is 6.21 Å². The van der Waals surface area contributed by atoms with Crippen LogP contribution in [-0.2, 0) is 29.2 Å². The maximum Gasteiger partial charge on any atom is 0.408 e. The molecule has 1 heterocycles. The van der Waals surface area contributed by atoms with Gasteiger partial charge in [-0.3, -0.25) is 4.79 Å². The Morgan fingerprint density at radius 2 is 1.46 bits per heavy atom. The molecule has 0 fully saturated rings. The van der Waals surface area contributed by atoms with Crippen LogP contribution < -0.4 is 15.5 Å². The lowest BCUT2D eigenvalue weighted by Gasteiger charge is -2.17. The smallest absolute Gasteiger partial charge is 0.408 e. The van der Waals surface area contributed by atoms with Crippen LogP contribution in [0.15, 0.2) is 120 Å². The number of hydrogen-bond acceptors (Lipinski definition) is 5. The van der Waals surface area contributed by atoms with E-state index >= 15 is 0 Å². The predicted octanol–water partition coefficient (Wildman–Crippen LogP) is 5.73. The first kappa shape index (κ1) is 27.2. The zero-order valence-electron chi connectivity index (χ0n) is 22.3. The van der Waals surface area contributed by atoms with E-state index in [9.17, 15) is 9.59 Å². The van der Waals surface area contributed by atoms with E-state index < -0.39 is 18.0 Å². The van der Waals surface area contributed by atoms with E-state index in [0.717, 1.165) is 38.9 Å². The van der Waals surface area contributed by atoms with E-state index in [1.54, 1.807) is 0 Å². The Morgan fingerprint density at radius 3 is 2.20 bits per heavy atom. The highest BCUT2D eigenvalue weighted by atomic mass is 16.5. The molecule has 0 spiro atoms. The lowest BCUT2D eigenvalue weighted by molar-refractivity contribution is -0.123. The molecule has 4 aromatic carbocycles. The number of aromatic amines is 1. The van der Waals surface area contributed by atoms with Crippen molar-refractivity contribution in [1.29, 1.82) is 0 Å². The van der Waals surface area contributed by atoms with Crippen molar-refractivity contribution in [2.75, 3.05) is 0 Å². The third-order valence-electron chi connectivity index (χ3n) is 6.44. The Labute approximate surface area is 238 Å². The molecule has 8 nitrogen and oxygen atoms in total. The fraction of sp³-hybridized carbons (Fsp3) is 0.121. The highest BCUT2D eigenvalue weighted by molar-refractivity contribution is 5.89. The van der Waals surface area contributed by atoms with Crippen LogP contribution in [0, 0.1) is 0 Å². The van der Waals surface area contributed by atoms with E-state index in [2.05, 4.69) is 20.8 Å². The molecular formula is C33H30N4O4. The number of aromatic nitrogens is 1.